The maximum atomic E-state index is 13.5. The van der Waals surface area contributed by atoms with Gasteiger partial charge in [-0.1, -0.05) is 36.4 Å². The number of hydrogen-bond acceptors (Lipinski definition) is 4. The standard InChI is InChI=1S/C35H39ClN10O2/c1-7-45-29(20-23(3)39-45)32(47)37-34-41(5)26-15-9-10-16-27(26)43(34)18-11-12-19-44-31-25(22-36)14-13-17-28(31)42(6)35(44)38-33(48)30-21-24(4)40-46(30)8-2/h9-17,20-21H,7-8,18-19,22H2,1-6H3/b12-11+,37-34+,38-35+. The van der Waals surface area contributed by atoms with E-state index in [0.717, 1.165) is 39.0 Å². The van der Waals surface area contributed by atoms with Crippen molar-refractivity contribution in [3.63, 3.8) is 0 Å². The molecule has 4 aromatic heterocycles. The number of aryl methyl sites for hydroxylation is 6. The molecule has 0 saturated heterocycles. The van der Waals surface area contributed by atoms with Crippen molar-refractivity contribution in [3.8, 4) is 0 Å². The van der Waals surface area contributed by atoms with Crippen LogP contribution in [0.4, 0.5) is 0 Å². The van der Waals surface area contributed by atoms with Crippen molar-refractivity contribution < 1.29 is 9.59 Å². The first-order valence-corrected chi connectivity index (χ1v) is 16.5. The zero-order valence-electron chi connectivity index (χ0n) is 28.1. The number of rotatable bonds is 9. The highest BCUT2D eigenvalue weighted by Crippen LogP contribution is 2.20. The number of halogens is 1. The smallest absolute Gasteiger partial charge is 0.298 e. The molecular weight excluding hydrogens is 628 g/mol. The number of para-hydroxylation sites is 3. The first-order valence-electron chi connectivity index (χ1n) is 16.0. The average molecular weight is 667 g/mol. The molecule has 0 fully saturated rings. The number of fused-ring (bicyclic) bond motifs is 2. The molecule has 0 aliphatic heterocycles. The summed E-state index contributed by atoms with van der Waals surface area (Å²) in [6, 6.07) is 17.4. The largest absolute Gasteiger partial charge is 0.313 e. The fourth-order valence-electron chi connectivity index (χ4n) is 6.23. The number of aromatic nitrogens is 8. The first-order chi connectivity index (χ1) is 23.2. The fraction of sp³-hybridized carbons (Fsp3) is 0.314. The van der Waals surface area contributed by atoms with Crippen LogP contribution in [0.15, 0.2) is 76.7 Å². The van der Waals surface area contributed by atoms with Crippen molar-refractivity contribution in [2.24, 2.45) is 24.1 Å². The molecule has 0 atom stereocenters. The topological polar surface area (TPSA) is 114 Å². The van der Waals surface area contributed by atoms with Gasteiger partial charge in [-0.2, -0.15) is 20.2 Å². The minimum Gasteiger partial charge on any atom is -0.313 e. The predicted molar refractivity (Wildman–Crippen MR) is 186 cm³/mol. The van der Waals surface area contributed by atoms with Crippen LogP contribution < -0.4 is 11.2 Å². The zero-order valence-corrected chi connectivity index (χ0v) is 28.8. The van der Waals surface area contributed by atoms with E-state index in [-0.39, 0.29) is 11.8 Å². The van der Waals surface area contributed by atoms with Gasteiger partial charge in [0.05, 0.1) is 33.5 Å². The highest BCUT2D eigenvalue weighted by atomic mass is 35.5. The second-order valence-corrected chi connectivity index (χ2v) is 11.9. The molecule has 6 aromatic rings. The normalized spacial score (nSPS) is 12.8. The fourth-order valence-corrected chi connectivity index (χ4v) is 6.44. The third kappa shape index (κ3) is 5.87. The van der Waals surface area contributed by atoms with Crippen molar-refractivity contribution in [3.05, 3.63) is 106 Å². The van der Waals surface area contributed by atoms with E-state index in [1.807, 2.05) is 115 Å². The lowest BCUT2D eigenvalue weighted by molar-refractivity contribution is 0.0977. The number of amides is 2. The van der Waals surface area contributed by atoms with Crippen molar-refractivity contribution in [2.45, 2.75) is 59.8 Å². The van der Waals surface area contributed by atoms with Crippen LogP contribution in [0.5, 0.6) is 0 Å². The first kappa shape index (κ1) is 32.7. The van der Waals surface area contributed by atoms with Crippen LogP contribution in [0, 0.1) is 13.8 Å². The van der Waals surface area contributed by atoms with Crippen molar-refractivity contribution in [1.82, 2.24) is 37.8 Å². The Morgan fingerprint density at radius 3 is 1.79 bits per heavy atom. The molecule has 12 nitrogen and oxygen atoms in total. The summed E-state index contributed by atoms with van der Waals surface area (Å²) in [4.78, 5) is 36.1. The molecule has 0 unspecified atom stereocenters. The molecule has 6 rings (SSSR count). The molecule has 0 N–H and O–H groups in total. The highest BCUT2D eigenvalue weighted by Gasteiger charge is 2.18. The van der Waals surface area contributed by atoms with Crippen LogP contribution in [0.2, 0.25) is 0 Å². The summed E-state index contributed by atoms with van der Waals surface area (Å²) in [6.07, 6.45) is 4.07. The molecule has 48 heavy (non-hydrogen) atoms. The lowest BCUT2D eigenvalue weighted by Gasteiger charge is -2.06. The van der Waals surface area contributed by atoms with E-state index in [1.54, 1.807) is 21.5 Å². The molecule has 4 heterocycles. The Kier molecular flexibility index (Phi) is 9.18. The van der Waals surface area contributed by atoms with E-state index < -0.39 is 0 Å². The molecule has 0 aliphatic carbocycles. The van der Waals surface area contributed by atoms with E-state index in [9.17, 15) is 9.59 Å². The molecule has 248 valence electrons. The van der Waals surface area contributed by atoms with E-state index in [2.05, 4.69) is 20.2 Å². The zero-order chi connectivity index (χ0) is 34.1. The van der Waals surface area contributed by atoms with Gasteiger partial charge in [0.1, 0.15) is 11.4 Å². The van der Waals surface area contributed by atoms with E-state index >= 15 is 0 Å². The number of alkyl halides is 1. The van der Waals surface area contributed by atoms with Crippen molar-refractivity contribution in [2.75, 3.05) is 0 Å². The predicted octanol–water partition coefficient (Wildman–Crippen LogP) is 4.80. The minimum atomic E-state index is -0.365. The maximum absolute atomic E-state index is 13.5. The third-order valence-electron chi connectivity index (χ3n) is 8.48. The molecule has 2 aromatic carbocycles. The van der Waals surface area contributed by atoms with E-state index in [0.29, 0.717) is 54.7 Å². The Morgan fingerprint density at radius 1 is 0.729 bits per heavy atom. The van der Waals surface area contributed by atoms with E-state index in [1.165, 1.54) is 0 Å². The van der Waals surface area contributed by atoms with Crippen LogP contribution in [0.3, 0.4) is 0 Å². The van der Waals surface area contributed by atoms with Gasteiger partial charge in [0.25, 0.3) is 11.8 Å². The molecule has 13 heteroatoms. The third-order valence-corrected chi connectivity index (χ3v) is 8.77. The quantitative estimate of drug-likeness (QED) is 0.163. The number of allylic oxidation sites excluding steroid dienone is 2. The average Bonchev–Trinajstić information content (AvgIpc) is 3.81. The molecular formula is C35H39ClN10O2. The van der Waals surface area contributed by atoms with Gasteiger partial charge < -0.3 is 18.3 Å². The summed E-state index contributed by atoms with van der Waals surface area (Å²) in [7, 11) is 3.81. The lowest BCUT2D eigenvalue weighted by Crippen LogP contribution is -2.27. The summed E-state index contributed by atoms with van der Waals surface area (Å²) in [6.45, 7) is 9.63. The molecule has 0 radical (unpaired) electrons. The highest BCUT2D eigenvalue weighted by molar-refractivity contribution is 6.17. The van der Waals surface area contributed by atoms with Crippen molar-refractivity contribution in [1.29, 1.82) is 0 Å². The molecule has 0 spiro atoms. The van der Waals surface area contributed by atoms with Crippen LogP contribution >= 0.6 is 11.6 Å². The Hall–Kier alpha value is -5.23. The summed E-state index contributed by atoms with van der Waals surface area (Å²) < 4.78 is 11.2. The number of benzene rings is 2. The second kappa shape index (κ2) is 13.5. The van der Waals surface area contributed by atoms with Crippen LogP contribution in [-0.2, 0) is 46.2 Å². The van der Waals surface area contributed by atoms with Gasteiger partial charge in [0, 0.05) is 46.2 Å². The summed E-state index contributed by atoms with van der Waals surface area (Å²) in [5.41, 5.74) is 8.11. The van der Waals surface area contributed by atoms with Gasteiger partial charge in [-0.25, -0.2) is 0 Å². The number of nitrogens with zero attached hydrogens (tertiary/aromatic N) is 10. The second-order valence-electron chi connectivity index (χ2n) is 11.6. The van der Waals surface area contributed by atoms with Crippen molar-refractivity contribution >= 4 is 45.5 Å². The summed E-state index contributed by atoms with van der Waals surface area (Å²) in [5, 5.41) is 8.85. The monoisotopic (exact) mass is 666 g/mol. The Labute approximate surface area is 282 Å². The number of imidazole rings is 2. The SMILES string of the molecule is CCn1nc(C)cc1C(=O)/N=c1\n(C)c2ccccc2n1C/C=C/Cn1/c(=N/C(=O)c2cc(C)nn2CC)n(C)c2cccc(CCl)c21. The van der Waals surface area contributed by atoms with Gasteiger partial charge in [-0.3, -0.25) is 19.0 Å². The minimum absolute atomic E-state index is 0.307. The molecule has 0 bridgehead atoms. The number of hydrogen-bond donors (Lipinski definition) is 0. The van der Waals surface area contributed by atoms with E-state index in [4.69, 9.17) is 11.6 Å². The van der Waals surface area contributed by atoms with Gasteiger partial charge in [-0.15, -0.1) is 11.6 Å². The van der Waals surface area contributed by atoms with Crippen LogP contribution in [-0.4, -0.2) is 49.6 Å². The Bertz CT molecular complexity index is 2360. The lowest BCUT2D eigenvalue weighted by atomic mass is 10.2. The Morgan fingerprint density at radius 2 is 1.23 bits per heavy atom. The molecule has 0 aliphatic rings. The number of carbonyl (C=O) groups excluding carboxylic acids is 2. The van der Waals surface area contributed by atoms with Gasteiger partial charge in [0.2, 0.25) is 11.2 Å². The number of carbonyl (C=O) groups is 2. The molecule has 2 amide bonds. The Balaban J connectivity index is 1.41. The van der Waals surface area contributed by atoms with Crippen LogP contribution in [0.25, 0.3) is 22.1 Å². The van der Waals surface area contributed by atoms with Gasteiger partial charge >= 0.3 is 0 Å². The summed E-state index contributed by atoms with van der Waals surface area (Å²) >= 11 is 6.41. The summed E-state index contributed by atoms with van der Waals surface area (Å²) in [5.74, 6) is -0.409. The molecule has 0 saturated carbocycles. The maximum Gasteiger partial charge on any atom is 0.298 e. The van der Waals surface area contributed by atoms with Crippen LogP contribution in [0.1, 0.15) is 51.8 Å². The van der Waals surface area contributed by atoms with Gasteiger partial charge in [-0.05, 0) is 63.6 Å². The van der Waals surface area contributed by atoms with Gasteiger partial charge in [0.15, 0.2) is 0 Å².